The van der Waals surface area contributed by atoms with Crippen molar-refractivity contribution < 1.29 is 9.72 Å². The minimum absolute atomic E-state index is 0.0598. The molecule has 1 N–H and O–H groups in total. The molecule has 0 atom stereocenters. The number of hydrazone groups is 1. The number of aromatic nitrogens is 1. The number of carbonyl (C=O) groups is 1. The van der Waals surface area contributed by atoms with E-state index >= 15 is 0 Å². The zero-order valence-corrected chi connectivity index (χ0v) is 12.5. The lowest BCUT2D eigenvalue weighted by molar-refractivity contribution is -0.384. The molecule has 1 aromatic heterocycles. The molecule has 0 unspecified atom stereocenters. The number of nitrogens with zero attached hydrogens (tertiary/aromatic N) is 3. The highest BCUT2D eigenvalue weighted by Gasteiger charge is 2.09. The highest BCUT2D eigenvalue weighted by atomic mass is 16.6. The Kier molecular flexibility index (Phi) is 4.36. The van der Waals surface area contributed by atoms with E-state index in [0.29, 0.717) is 5.56 Å². The van der Waals surface area contributed by atoms with E-state index in [-0.39, 0.29) is 5.69 Å². The highest BCUT2D eigenvalue weighted by Crippen LogP contribution is 2.12. The number of hydrogen-bond acceptors (Lipinski definition) is 4. The van der Waals surface area contributed by atoms with Gasteiger partial charge in [-0.1, -0.05) is 0 Å². The van der Waals surface area contributed by atoms with Crippen LogP contribution in [0.5, 0.6) is 0 Å². The minimum Gasteiger partial charge on any atom is -0.352 e. The van der Waals surface area contributed by atoms with Gasteiger partial charge in [-0.2, -0.15) is 5.10 Å². The molecule has 0 aliphatic carbocycles. The Hall–Kier alpha value is -2.96. The van der Waals surface area contributed by atoms with Gasteiger partial charge in [0.1, 0.15) is 0 Å². The first-order valence-corrected chi connectivity index (χ1v) is 6.61. The zero-order valence-electron chi connectivity index (χ0n) is 12.5. The first kappa shape index (κ1) is 15.4. The Balaban J connectivity index is 2.04. The number of hydrogen-bond donors (Lipinski definition) is 1. The van der Waals surface area contributed by atoms with Crippen molar-refractivity contribution in [2.45, 2.75) is 13.8 Å². The third-order valence-corrected chi connectivity index (χ3v) is 3.52. The lowest BCUT2D eigenvalue weighted by Gasteiger charge is -2.00. The van der Waals surface area contributed by atoms with Crippen molar-refractivity contribution in [3.8, 4) is 0 Å². The second-order valence-electron chi connectivity index (χ2n) is 4.89. The van der Waals surface area contributed by atoms with E-state index < -0.39 is 10.8 Å². The van der Waals surface area contributed by atoms with Gasteiger partial charge < -0.3 is 4.57 Å². The Morgan fingerprint density at radius 3 is 2.45 bits per heavy atom. The van der Waals surface area contributed by atoms with Gasteiger partial charge in [-0.3, -0.25) is 14.9 Å². The lowest BCUT2D eigenvalue weighted by atomic mass is 10.2. The number of nitrogens with one attached hydrogen (secondary N) is 1. The quantitative estimate of drug-likeness (QED) is 0.534. The molecule has 2 rings (SSSR count). The maximum atomic E-state index is 11.9. The second-order valence-corrected chi connectivity index (χ2v) is 4.89. The monoisotopic (exact) mass is 300 g/mol. The van der Waals surface area contributed by atoms with Gasteiger partial charge in [0.05, 0.1) is 11.1 Å². The summed E-state index contributed by atoms with van der Waals surface area (Å²) in [5, 5.41) is 14.5. The van der Waals surface area contributed by atoms with Gasteiger partial charge in [0.2, 0.25) is 0 Å². The molecule has 0 spiro atoms. The zero-order chi connectivity index (χ0) is 16.3. The Morgan fingerprint density at radius 1 is 1.32 bits per heavy atom. The molecule has 2 aromatic rings. The molecule has 1 aromatic carbocycles. The molecular weight excluding hydrogens is 284 g/mol. The molecule has 0 fully saturated rings. The van der Waals surface area contributed by atoms with Crippen LogP contribution in [0.25, 0.3) is 0 Å². The van der Waals surface area contributed by atoms with Gasteiger partial charge in [-0.25, -0.2) is 5.43 Å². The molecule has 0 saturated carbocycles. The van der Waals surface area contributed by atoms with Crippen molar-refractivity contribution in [2.75, 3.05) is 0 Å². The fraction of sp³-hybridized carbons (Fsp3) is 0.200. The van der Waals surface area contributed by atoms with Crippen molar-refractivity contribution in [1.82, 2.24) is 9.99 Å². The van der Waals surface area contributed by atoms with E-state index in [1.54, 1.807) is 6.21 Å². The second kappa shape index (κ2) is 6.21. The highest BCUT2D eigenvalue weighted by molar-refractivity contribution is 5.95. The van der Waals surface area contributed by atoms with E-state index in [4.69, 9.17) is 0 Å². The normalized spacial score (nSPS) is 10.9. The Bertz CT molecular complexity index is 745. The number of carbonyl (C=O) groups excluding carboxylic acids is 1. The van der Waals surface area contributed by atoms with Gasteiger partial charge in [-0.05, 0) is 32.0 Å². The first-order valence-electron chi connectivity index (χ1n) is 6.61. The Labute approximate surface area is 127 Å². The number of nitro benzene ring substituents is 1. The summed E-state index contributed by atoms with van der Waals surface area (Å²) in [6.45, 7) is 3.95. The van der Waals surface area contributed by atoms with Gasteiger partial charge >= 0.3 is 0 Å². The van der Waals surface area contributed by atoms with Crippen LogP contribution in [0.2, 0.25) is 0 Å². The van der Waals surface area contributed by atoms with Crippen molar-refractivity contribution in [3.05, 3.63) is 63.0 Å². The van der Waals surface area contributed by atoms with Crippen LogP contribution in [0.4, 0.5) is 5.69 Å². The maximum absolute atomic E-state index is 11.9. The maximum Gasteiger partial charge on any atom is 0.271 e. The number of benzene rings is 1. The van der Waals surface area contributed by atoms with Gasteiger partial charge in [-0.15, -0.1) is 0 Å². The van der Waals surface area contributed by atoms with E-state index in [1.165, 1.54) is 24.3 Å². The van der Waals surface area contributed by atoms with Crippen LogP contribution in [0.1, 0.15) is 27.3 Å². The predicted octanol–water partition coefficient (Wildman–Crippen LogP) is 2.31. The van der Waals surface area contributed by atoms with E-state index in [9.17, 15) is 14.9 Å². The summed E-state index contributed by atoms with van der Waals surface area (Å²) in [6, 6.07) is 7.31. The van der Waals surface area contributed by atoms with Crippen LogP contribution in [-0.2, 0) is 7.05 Å². The topological polar surface area (TPSA) is 89.5 Å². The summed E-state index contributed by atoms with van der Waals surface area (Å²) in [5.74, 6) is -0.420. The smallest absolute Gasteiger partial charge is 0.271 e. The molecule has 7 nitrogen and oxygen atoms in total. The lowest BCUT2D eigenvalue weighted by Crippen LogP contribution is -2.17. The fourth-order valence-electron chi connectivity index (χ4n) is 1.97. The van der Waals surface area contributed by atoms with Gasteiger partial charge in [0.25, 0.3) is 11.6 Å². The molecule has 0 radical (unpaired) electrons. The Morgan fingerprint density at radius 2 is 1.95 bits per heavy atom. The summed E-state index contributed by atoms with van der Waals surface area (Å²) in [5.41, 5.74) is 5.72. The number of non-ortho nitro benzene ring substituents is 1. The van der Waals surface area contributed by atoms with E-state index in [0.717, 1.165) is 17.0 Å². The number of aryl methyl sites for hydroxylation is 1. The van der Waals surface area contributed by atoms with E-state index in [2.05, 4.69) is 10.5 Å². The largest absolute Gasteiger partial charge is 0.352 e. The molecular formula is C15H16N4O3. The van der Waals surface area contributed by atoms with Gasteiger partial charge in [0.15, 0.2) is 0 Å². The summed E-state index contributed by atoms with van der Waals surface area (Å²) >= 11 is 0. The SMILES string of the molecule is Cc1cc(/C=N\NC(=O)c2ccc([N+](=O)[O-])cc2)c(C)n1C. The van der Waals surface area contributed by atoms with Crippen LogP contribution in [0.15, 0.2) is 35.4 Å². The predicted molar refractivity (Wildman–Crippen MR) is 83.0 cm³/mol. The molecule has 0 saturated heterocycles. The minimum atomic E-state index is -0.514. The third-order valence-electron chi connectivity index (χ3n) is 3.52. The molecule has 22 heavy (non-hydrogen) atoms. The summed E-state index contributed by atoms with van der Waals surface area (Å²) in [6.07, 6.45) is 1.58. The number of rotatable bonds is 4. The van der Waals surface area contributed by atoms with Gasteiger partial charge in [0, 0.05) is 41.7 Å². The van der Waals surface area contributed by atoms with Crippen LogP contribution in [0.3, 0.4) is 0 Å². The average molecular weight is 300 g/mol. The summed E-state index contributed by atoms with van der Waals surface area (Å²) in [7, 11) is 1.96. The standard InChI is InChI=1S/C15H16N4O3/c1-10-8-13(11(2)18(10)3)9-16-17-15(20)12-4-6-14(7-5-12)19(21)22/h4-9H,1-3H3,(H,17,20)/b16-9-. The fourth-order valence-corrected chi connectivity index (χ4v) is 1.97. The number of amides is 1. The van der Waals surface area contributed by atoms with Crippen molar-refractivity contribution in [1.29, 1.82) is 0 Å². The third kappa shape index (κ3) is 3.20. The van der Waals surface area contributed by atoms with Crippen LogP contribution in [-0.4, -0.2) is 21.6 Å². The van der Waals surface area contributed by atoms with Crippen LogP contribution < -0.4 is 5.43 Å². The summed E-state index contributed by atoms with van der Waals surface area (Å²) < 4.78 is 2.03. The van der Waals surface area contributed by atoms with Crippen molar-refractivity contribution >= 4 is 17.8 Å². The molecule has 1 amide bonds. The van der Waals surface area contributed by atoms with E-state index in [1.807, 2.05) is 31.5 Å². The molecule has 7 heteroatoms. The average Bonchev–Trinajstić information content (AvgIpc) is 2.74. The summed E-state index contributed by atoms with van der Waals surface area (Å²) in [4.78, 5) is 21.9. The number of nitro groups is 1. The molecule has 0 bridgehead atoms. The molecule has 1 heterocycles. The van der Waals surface area contributed by atoms with Crippen LogP contribution >= 0.6 is 0 Å². The molecule has 0 aliphatic rings. The first-order chi connectivity index (χ1) is 10.4. The van der Waals surface area contributed by atoms with Crippen LogP contribution in [0, 0.1) is 24.0 Å². The van der Waals surface area contributed by atoms with Crippen molar-refractivity contribution in [3.63, 3.8) is 0 Å². The molecule has 114 valence electrons. The van der Waals surface area contributed by atoms with Crippen molar-refractivity contribution in [2.24, 2.45) is 12.1 Å². The molecule has 0 aliphatic heterocycles.